The van der Waals surface area contributed by atoms with Crippen LogP contribution in [-0.4, -0.2) is 14.7 Å². The molecule has 0 radical (unpaired) electrons. The first kappa shape index (κ1) is 12.4. The summed E-state index contributed by atoms with van der Waals surface area (Å²) in [5.41, 5.74) is 13.6. The minimum atomic E-state index is -3.36. The van der Waals surface area contributed by atoms with E-state index in [1.165, 1.54) is 12.1 Å². The highest BCUT2D eigenvalue weighted by molar-refractivity contribution is 7.90. The SMILES string of the molecule is CS(=O)(=O)c1ccc(N)c(N)c1-c1ccccc1. The van der Waals surface area contributed by atoms with E-state index < -0.39 is 9.84 Å². The maximum absolute atomic E-state index is 11.8. The molecule has 0 amide bonds. The molecule has 0 aliphatic rings. The van der Waals surface area contributed by atoms with Crippen LogP contribution < -0.4 is 11.5 Å². The van der Waals surface area contributed by atoms with E-state index >= 15 is 0 Å². The standard InChI is InChI=1S/C13H14N2O2S/c1-18(16,17)11-8-7-10(14)13(15)12(11)9-5-3-2-4-6-9/h2-8H,14-15H2,1H3. The molecule has 5 heteroatoms. The summed E-state index contributed by atoms with van der Waals surface area (Å²) < 4.78 is 23.6. The van der Waals surface area contributed by atoms with E-state index in [-0.39, 0.29) is 4.90 Å². The molecule has 2 rings (SSSR count). The Bertz CT molecular complexity index is 680. The summed E-state index contributed by atoms with van der Waals surface area (Å²) in [5, 5.41) is 0. The average molecular weight is 262 g/mol. The molecule has 0 spiro atoms. The zero-order valence-corrected chi connectivity index (χ0v) is 10.7. The minimum absolute atomic E-state index is 0.195. The number of hydrogen-bond donors (Lipinski definition) is 2. The molecule has 0 saturated carbocycles. The van der Waals surface area contributed by atoms with E-state index in [4.69, 9.17) is 11.5 Å². The maximum Gasteiger partial charge on any atom is 0.176 e. The van der Waals surface area contributed by atoms with Gasteiger partial charge in [0.1, 0.15) is 0 Å². The van der Waals surface area contributed by atoms with Gasteiger partial charge in [0.2, 0.25) is 0 Å². The van der Waals surface area contributed by atoms with Crippen LogP contribution in [0.5, 0.6) is 0 Å². The number of nitrogens with two attached hydrogens (primary N) is 2. The van der Waals surface area contributed by atoms with Crippen molar-refractivity contribution in [3.8, 4) is 11.1 Å². The summed E-state index contributed by atoms with van der Waals surface area (Å²) in [4.78, 5) is 0.195. The monoisotopic (exact) mass is 262 g/mol. The Morgan fingerprint density at radius 1 is 0.944 bits per heavy atom. The van der Waals surface area contributed by atoms with Crippen LogP contribution in [0.1, 0.15) is 0 Å². The zero-order chi connectivity index (χ0) is 13.3. The van der Waals surface area contributed by atoms with Gasteiger partial charge < -0.3 is 11.5 Å². The summed E-state index contributed by atoms with van der Waals surface area (Å²) in [6.45, 7) is 0. The molecule has 0 unspecified atom stereocenters. The molecule has 18 heavy (non-hydrogen) atoms. The third-order valence-corrected chi connectivity index (χ3v) is 3.84. The topological polar surface area (TPSA) is 86.2 Å². The van der Waals surface area contributed by atoms with Crippen LogP contribution >= 0.6 is 0 Å². The van der Waals surface area contributed by atoms with Gasteiger partial charge >= 0.3 is 0 Å². The molecular formula is C13H14N2O2S. The lowest BCUT2D eigenvalue weighted by atomic mass is 10.0. The number of anilines is 2. The van der Waals surface area contributed by atoms with Gasteiger partial charge in [-0.25, -0.2) is 8.42 Å². The molecule has 0 atom stereocenters. The van der Waals surface area contributed by atoms with Crippen molar-refractivity contribution >= 4 is 21.2 Å². The average Bonchev–Trinajstić information content (AvgIpc) is 2.32. The van der Waals surface area contributed by atoms with Gasteiger partial charge in [-0.3, -0.25) is 0 Å². The van der Waals surface area contributed by atoms with E-state index in [1.807, 2.05) is 18.2 Å². The Kier molecular flexibility index (Phi) is 3.00. The molecule has 4 nitrogen and oxygen atoms in total. The smallest absolute Gasteiger partial charge is 0.176 e. The van der Waals surface area contributed by atoms with Crippen LogP contribution in [0.4, 0.5) is 11.4 Å². The quantitative estimate of drug-likeness (QED) is 0.809. The number of benzene rings is 2. The fraction of sp³-hybridized carbons (Fsp3) is 0.0769. The molecule has 2 aromatic rings. The number of nitrogen functional groups attached to an aromatic ring is 2. The van der Waals surface area contributed by atoms with Gasteiger partial charge in [0.25, 0.3) is 0 Å². The second-order valence-corrected chi connectivity index (χ2v) is 6.06. The molecule has 0 fully saturated rings. The Labute approximate surface area is 106 Å². The lowest BCUT2D eigenvalue weighted by Gasteiger charge is -2.13. The molecule has 4 N–H and O–H groups in total. The van der Waals surface area contributed by atoms with Crippen LogP contribution in [0.25, 0.3) is 11.1 Å². The highest BCUT2D eigenvalue weighted by atomic mass is 32.2. The van der Waals surface area contributed by atoms with E-state index in [0.29, 0.717) is 16.9 Å². The number of rotatable bonds is 2. The third kappa shape index (κ3) is 2.17. The second-order valence-electron chi connectivity index (χ2n) is 4.08. The minimum Gasteiger partial charge on any atom is -0.397 e. The second kappa shape index (κ2) is 4.34. The number of hydrogen-bond acceptors (Lipinski definition) is 4. The molecule has 94 valence electrons. The van der Waals surface area contributed by atoms with Crippen molar-refractivity contribution < 1.29 is 8.42 Å². The molecule has 0 saturated heterocycles. The summed E-state index contributed by atoms with van der Waals surface area (Å²) in [7, 11) is -3.36. The predicted octanol–water partition coefficient (Wildman–Crippen LogP) is 1.92. The fourth-order valence-corrected chi connectivity index (χ4v) is 2.74. The lowest BCUT2D eigenvalue weighted by Crippen LogP contribution is -2.05. The fourth-order valence-electron chi connectivity index (χ4n) is 1.83. The Morgan fingerprint density at radius 2 is 1.56 bits per heavy atom. The Hall–Kier alpha value is -2.01. The van der Waals surface area contributed by atoms with Crippen molar-refractivity contribution in [3.63, 3.8) is 0 Å². The van der Waals surface area contributed by atoms with Crippen molar-refractivity contribution in [1.82, 2.24) is 0 Å². The maximum atomic E-state index is 11.8. The van der Waals surface area contributed by atoms with Gasteiger partial charge in [-0.15, -0.1) is 0 Å². The molecule has 0 heterocycles. The van der Waals surface area contributed by atoms with Gasteiger partial charge in [0, 0.05) is 11.8 Å². The van der Waals surface area contributed by atoms with Crippen molar-refractivity contribution in [2.75, 3.05) is 17.7 Å². The van der Waals surface area contributed by atoms with Crippen LogP contribution in [0, 0.1) is 0 Å². The van der Waals surface area contributed by atoms with Gasteiger partial charge in [-0.1, -0.05) is 30.3 Å². The largest absolute Gasteiger partial charge is 0.397 e. The van der Waals surface area contributed by atoms with Gasteiger partial charge in [-0.2, -0.15) is 0 Å². The summed E-state index contributed by atoms with van der Waals surface area (Å²) in [6, 6.07) is 12.1. The zero-order valence-electron chi connectivity index (χ0n) is 9.92. The highest BCUT2D eigenvalue weighted by Crippen LogP contribution is 2.36. The van der Waals surface area contributed by atoms with Crippen molar-refractivity contribution in [1.29, 1.82) is 0 Å². The lowest BCUT2D eigenvalue weighted by molar-refractivity contribution is 0.602. The van der Waals surface area contributed by atoms with E-state index in [2.05, 4.69) is 0 Å². The molecule has 0 aliphatic carbocycles. The van der Waals surface area contributed by atoms with Crippen molar-refractivity contribution in [2.24, 2.45) is 0 Å². The first-order valence-corrected chi connectivity index (χ1v) is 7.24. The third-order valence-electron chi connectivity index (χ3n) is 2.70. The van der Waals surface area contributed by atoms with Crippen LogP contribution in [0.15, 0.2) is 47.4 Å². The normalized spacial score (nSPS) is 11.4. The van der Waals surface area contributed by atoms with E-state index in [9.17, 15) is 8.42 Å². The molecule has 0 aliphatic heterocycles. The highest BCUT2D eigenvalue weighted by Gasteiger charge is 2.18. The number of sulfone groups is 1. The summed E-state index contributed by atoms with van der Waals surface area (Å²) >= 11 is 0. The predicted molar refractivity (Wildman–Crippen MR) is 73.8 cm³/mol. The van der Waals surface area contributed by atoms with E-state index in [1.54, 1.807) is 12.1 Å². The molecule has 0 aromatic heterocycles. The van der Waals surface area contributed by atoms with Crippen molar-refractivity contribution in [2.45, 2.75) is 4.90 Å². The molecular weight excluding hydrogens is 248 g/mol. The van der Waals surface area contributed by atoms with Crippen molar-refractivity contribution in [3.05, 3.63) is 42.5 Å². The van der Waals surface area contributed by atoms with Gasteiger partial charge in [0.15, 0.2) is 9.84 Å². The first-order chi connectivity index (χ1) is 8.41. The molecule has 2 aromatic carbocycles. The van der Waals surface area contributed by atoms with E-state index in [0.717, 1.165) is 11.8 Å². The summed E-state index contributed by atoms with van der Waals surface area (Å²) in [6.07, 6.45) is 1.16. The summed E-state index contributed by atoms with van der Waals surface area (Å²) in [5.74, 6) is 0. The van der Waals surface area contributed by atoms with Crippen LogP contribution in [0.3, 0.4) is 0 Å². The first-order valence-electron chi connectivity index (χ1n) is 5.34. The Balaban J connectivity index is 2.84. The van der Waals surface area contributed by atoms with Crippen LogP contribution in [-0.2, 0) is 9.84 Å². The van der Waals surface area contributed by atoms with Gasteiger partial charge in [-0.05, 0) is 17.7 Å². The molecule has 0 bridgehead atoms. The van der Waals surface area contributed by atoms with Gasteiger partial charge in [0.05, 0.1) is 16.3 Å². The van der Waals surface area contributed by atoms with Crippen LogP contribution in [0.2, 0.25) is 0 Å². The Morgan fingerprint density at radius 3 is 2.11 bits per heavy atom.